The van der Waals surface area contributed by atoms with Crippen molar-refractivity contribution in [1.29, 1.82) is 5.26 Å². The summed E-state index contributed by atoms with van der Waals surface area (Å²) in [6.45, 7) is 2.08. The van der Waals surface area contributed by atoms with Crippen LogP contribution in [0.25, 0.3) is 0 Å². The molecule has 0 radical (unpaired) electrons. The van der Waals surface area contributed by atoms with Crippen molar-refractivity contribution in [3.05, 3.63) is 30.3 Å². The normalized spacial score (nSPS) is 11.6. The highest BCUT2D eigenvalue weighted by atomic mass is 16.5. The molecule has 1 aromatic carbocycles. The minimum Gasteiger partial charge on any atom is -0.372 e. The summed E-state index contributed by atoms with van der Waals surface area (Å²) in [5, 5.41) is 8.62. The van der Waals surface area contributed by atoms with E-state index < -0.39 is 6.10 Å². The molecule has 1 amide bonds. The van der Waals surface area contributed by atoms with Crippen LogP contribution in [-0.4, -0.2) is 25.7 Å². The van der Waals surface area contributed by atoms with Gasteiger partial charge < -0.3 is 9.64 Å². The van der Waals surface area contributed by atoms with Gasteiger partial charge in [-0.05, 0) is 19.1 Å². The van der Waals surface area contributed by atoms with E-state index in [9.17, 15) is 4.79 Å². The summed E-state index contributed by atoms with van der Waals surface area (Å²) in [7, 11) is 1.50. The van der Waals surface area contributed by atoms with Crippen molar-refractivity contribution in [2.24, 2.45) is 0 Å². The molecular formula is C13H16N2O2. The molecule has 4 nitrogen and oxygen atoms in total. The first-order chi connectivity index (χ1) is 8.20. The molecule has 0 saturated heterocycles. The fourth-order valence-corrected chi connectivity index (χ4v) is 1.46. The lowest BCUT2D eigenvalue weighted by molar-refractivity contribution is -0.127. The minimum atomic E-state index is -0.506. The van der Waals surface area contributed by atoms with Crippen molar-refractivity contribution in [3.63, 3.8) is 0 Å². The van der Waals surface area contributed by atoms with Gasteiger partial charge >= 0.3 is 0 Å². The maximum absolute atomic E-state index is 12.1. The van der Waals surface area contributed by atoms with Crippen molar-refractivity contribution < 1.29 is 9.53 Å². The predicted molar refractivity (Wildman–Crippen MR) is 65.5 cm³/mol. The van der Waals surface area contributed by atoms with Crippen LogP contribution in [-0.2, 0) is 9.53 Å². The highest BCUT2D eigenvalue weighted by molar-refractivity contribution is 5.96. The topological polar surface area (TPSA) is 53.3 Å². The van der Waals surface area contributed by atoms with Crippen LogP contribution in [0.3, 0.4) is 0 Å². The Kier molecular flexibility index (Phi) is 5.18. The molecule has 0 bridgehead atoms. The molecular weight excluding hydrogens is 216 g/mol. The summed E-state index contributed by atoms with van der Waals surface area (Å²) in [6.07, 6.45) is -0.203. The summed E-state index contributed by atoms with van der Waals surface area (Å²) < 4.78 is 5.02. The molecule has 0 spiro atoms. The zero-order valence-electron chi connectivity index (χ0n) is 10.1. The fourth-order valence-electron chi connectivity index (χ4n) is 1.46. The minimum absolute atomic E-state index is 0.131. The lowest BCUT2D eigenvalue weighted by Gasteiger charge is -2.24. The Labute approximate surface area is 101 Å². The molecule has 1 aromatic rings. The second kappa shape index (κ2) is 6.66. The zero-order chi connectivity index (χ0) is 12.7. The van der Waals surface area contributed by atoms with Crippen LogP contribution in [0.5, 0.6) is 0 Å². The van der Waals surface area contributed by atoms with Gasteiger partial charge in [0.25, 0.3) is 5.91 Å². The first-order valence-corrected chi connectivity index (χ1v) is 5.47. The number of methoxy groups -OCH3 is 1. The van der Waals surface area contributed by atoms with Gasteiger partial charge in [-0.3, -0.25) is 4.79 Å². The molecule has 0 heterocycles. The molecule has 0 fully saturated rings. The molecule has 1 atom stereocenters. The quantitative estimate of drug-likeness (QED) is 0.779. The van der Waals surface area contributed by atoms with Gasteiger partial charge in [0.15, 0.2) is 0 Å². The van der Waals surface area contributed by atoms with Gasteiger partial charge in [-0.15, -0.1) is 0 Å². The predicted octanol–water partition coefficient (Wildman–Crippen LogP) is 1.97. The second-order valence-electron chi connectivity index (χ2n) is 3.61. The number of amides is 1. The van der Waals surface area contributed by atoms with E-state index in [0.717, 1.165) is 5.69 Å². The molecule has 4 heteroatoms. The lowest BCUT2D eigenvalue weighted by atomic mass is 10.2. The van der Waals surface area contributed by atoms with E-state index in [-0.39, 0.29) is 5.91 Å². The van der Waals surface area contributed by atoms with Gasteiger partial charge in [0.05, 0.1) is 12.5 Å². The molecule has 0 saturated carbocycles. The summed E-state index contributed by atoms with van der Waals surface area (Å²) in [6, 6.07) is 11.3. The number of hydrogen-bond donors (Lipinski definition) is 0. The number of benzene rings is 1. The first kappa shape index (κ1) is 13.2. The van der Waals surface area contributed by atoms with Crippen LogP contribution in [0.1, 0.15) is 13.3 Å². The van der Waals surface area contributed by atoms with E-state index in [2.05, 4.69) is 0 Å². The molecule has 0 N–H and O–H groups in total. The number of carbonyl (C=O) groups is 1. The van der Waals surface area contributed by atoms with Crippen LogP contribution >= 0.6 is 0 Å². The SMILES string of the molecule is COC(C)C(=O)N(CCC#N)c1ccccc1. The van der Waals surface area contributed by atoms with Crippen LogP contribution in [0.2, 0.25) is 0 Å². The molecule has 0 aliphatic carbocycles. The van der Waals surface area contributed by atoms with Gasteiger partial charge in [0.2, 0.25) is 0 Å². The average molecular weight is 232 g/mol. The van der Waals surface area contributed by atoms with Crippen molar-refractivity contribution in [1.82, 2.24) is 0 Å². The molecule has 0 aliphatic heterocycles. The van der Waals surface area contributed by atoms with Gasteiger partial charge in [0, 0.05) is 19.3 Å². The van der Waals surface area contributed by atoms with E-state index in [1.807, 2.05) is 36.4 Å². The third-order valence-electron chi connectivity index (χ3n) is 2.48. The number of rotatable bonds is 5. The average Bonchev–Trinajstić information content (AvgIpc) is 2.39. The van der Waals surface area contributed by atoms with Crippen molar-refractivity contribution in [2.75, 3.05) is 18.6 Å². The number of para-hydroxylation sites is 1. The Hall–Kier alpha value is -1.86. The Morgan fingerprint density at radius 1 is 1.47 bits per heavy atom. The Morgan fingerprint density at radius 3 is 2.65 bits per heavy atom. The van der Waals surface area contributed by atoms with Gasteiger partial charge in [0.1, 0.15) is 6.10 Å². The largest absolute Gasteiger partial charge is 0.372 e. The van der Waals surface area contributed by atoms with Crippen LogP contribution in [0.4, 0.5) is 5.69 Å². The number of hydrogen-bond acceptors (Lipinski definition) is 3. The van der Waals surface area contributed by atoms with Crippen LogP contribution in [0, 0.1) is 11.3 Å². The first-order valence-electron chi connectivity index (χ1n) is 5.47. The maximum Gasteiger partial charge on any atom is 0.255 e. The second-order valence-corrected chi connectivity index (χ2v) is 3.61. The molecule has 0 aromatic heterocycles. The fraction of sp³-hybridized carbons (Fsp3) is 0.385. The monoisotopic (exact) mass is 232 g/mol. The summed E-state index contributed by atoms with van der Waals surface area (Å²) in [5.41, 5.74) is 0.789. The highest BCUT2D eigenvalue weighted by Gasteiger charge is 2.20. The number of ether oxygens (including phenoxy) is 1. The maximum atomic E-state index is 12.1. The van der Waals surface area contributed by atoms with Gasteiger partial charge in [-0.25, -0.2) is 0 Å². The van der Waals surface area contributed by atoms with E-state index in [4.69, 9.17) is 10.00 Å². The molecule has 0 aliphatic rings. The molecule has 17 heavy (non-hydrogen) atoms. The Balaban J connectivity index is 2.89. The third kappa shape index (κ3) is 3.58. The summed E-state index contributed by atoms with van der Waals surface area (Å²) in [5.74, 6) is -0.131. The van der Waals surface area contributed by atoms with E-state index in [1.54, 1.807) is 11.8 Å². The summed E-state index contributed by atoms with van der Waals surface area (Å²) in [4.78, 5) is 13.7. The molecule has 90 valence electrons. The van der Waals surface area contributed by atoms with Crippen molar-refractivity contribution >= 4 is 11.6 Å². The lowest BCUT2D eigenvalue weighted by Crippen LogP contribution is -2.39. The number of nitriles is 1. The van der Waals surface area contributed by atoms with Crippen molar-refractivity contribution in [2.45, 2.75) is 19.4 Å². The van der Waals surface area contributed by atoms with E-state index in [1.165, 1.54) is 7.11 Å². The smallest absolute Gasteiger partial charge is 0.255 e. The third-order valence-corrected chi connectivity index (χ3v) is 2.48. The van der Waals surface area contributed by atoms with Crippen molar-refractivity contribution in [3.8, 4) is 6.07 Å². The Bertz CT molecular complexity index is 398. The zero-order valence-corrected chi connectivity index (χ0v) is 10.1. The number of nitrogens with zero attached hydrogens (tertiary/aromatic N) is 2. The number of carbonyl (C=O) groups excluding carboxylic acids is 1. The van der Waals surface area contributed by atoms with Crippen LogP contribution < -0.4 is 4.90 Å². The van der Waals surface area contributed by atoms with Gasteiger partial charge in [-0.2, -0.15) is 5.26 Å². The van der Waals surface area contributed by atoms with E-state index in [0.29, 0.717) is 13.0 Å². The standard InChI is InChI=1S/C13H16N2O2/c1-11(17-2)13(16)15(10-6-9-14)12-7-4-3-5-8-12/h3-5,7-8,11H,6,10H2,1-2H3. The number of anilines is 1. The molecule has 1 unspecified atom stereocenters. The Morgan fingerprint density at radius 2 is 2.12 bits per heavy atom. The van der Waals surface area contributed by atoms with Crippen LogP contribution in [0.15, 0.2) is 30.3 Å². The van der Waals surface area contributed by atoms with Gasteiger partial charge in [-0.1, -0.05) is 18.2 Å². The molecule has 1 rings (SSSR count). The highest BCUT2D eigenvalue weighted by Crippen LogP contribution is 2.15. The summed E-state index contributed by atoms with van der Waals surface area (Å²) >= 11 is 0. The van der Waals surface area contributed by atoms with E-state index >= 15 is 0 Å².